The Hall–Kier alpha value is -1.24. The average Bonchev–Trinajstić information content (AvgIpc) is 2.94. The average molecular weight is 269 g/mol. The standard InChI is InChI=1S/C11H11NO3S2/c1-2-15-4-10-12-8(6-17-10)9-3-7(5-16-9)11(13)14/h3,5-6H,2,4H2,1H3,(H,13,14). The molecule has 2 heterocycles. The maximum atomic E-state index is 10.8. The van der Waals surface area contributed by atoms with Gasteiger partial charge in [-0.25, -0.2) is 9.78 Å². The number of hydrogen-bond donors (Lipinski definition) is 1. The van der Waals surface area contributed by atoms with Crippen molar-refractivity contribution in [1.29, 1.82) is 0 Å². The van der Waals surface area contributed by atoms with Crippen LogP contribution in [-0.4, -0.2) is 22.7 Å². The lowest BCUT2D eigenvalue weighted by Gasteiger charge is -1.94. The summed E-state index contributed by atoms with van der Waals surface area (Å²) < 4.78 is 5.27. The molecule has 0 aromatic carbocycles. The molecule has 1 N–H and O–H groups in total. The van der Waals surface area contributed by atoms with Crippen LogP contribution in [0.25, 0.3) is 10.6 Å². The zero-order valence-corrected chi connectivity index (χ0v) is 10.8. The highest BCUT2D eigenvalue weighted by Crippen LogP contribution is 2.28. The van der Waals surface area contributed by atoms with Gasteiger partial charge in [0, 0.05) is 17.4 Å². The first-order valence-corrected chi connectivity index (χ1v) is 6.81. The van der Waals surface area contributed by atoms with Crippen molar-refractivity contribution in [3.05, 3.63) is 27.4 Å². The number of carbonyl (C=O) groups is 1. The van der Waals surface area contributed by atoms with E-state index < -0.39 is 5.97 Å². The van der Waals surface area contributed by atoms with Crippen LogP contribution in [0.5, 0.6) is 0 Å². The van der Waals surface area contributed by atoms with Crippen LogP contribution in [0, 0.1) is 0 Å². The second-order valence-electron chi connectivity index (χ2n) is 3.27. The van der Waals surface area contributed by atoms with E-state index in [1.165, 1.54) is 22.7 Å². The quantitative estimate of drug-likeness (QED) is 0.906. The zero-order chi connectivity index (χ0) is 12.3. The number of hydrogen-bond acceptors (Lipinski definition) is 5. The molecule has 4 nitrogen and oxygen atoms in total. The number of carboxylic acid groups (broad SMARTS) is 1. The van der Waals surface area contributed by atoms with E-state index >= 15 is 0 Å². The van der Waals surface area contributed by atoms with Gasteiger partial charge in [-0.05, 0) is 13.0 Å². The molecule has 0 aliphatic rings. The third-order valence-electron chi connectivity index (χ3n) is 2.08. The van der Waals surface area contributed by atoms with E-state index in [-0.39, 0.29) is 0 Å². The number of aromatic carboxylic acids is 1. The van der Waals surface area contributed by atoms with Crippen LogP contribution in [-0.2, 0) is 11.3 Å². The van der Waals surface area contributed by atoms with Gasteiger partial charge in [0.15, 0.2) is 0 Å². The molecule has 17 heavy (non-hydrogen) atoms. The maximum absolute atomic E-state index is 10.8. The molecule has 0 aliphatic heterocycles. The van der Waals surface area contributed by atoms with Gasteiger partial charge in [-0.1, -0.05) is 0 Å². The number of nitrogens with zero attached hydrogens (tertiary/aromatic N) is 1. The lowest BCUT2D eigenvalue weighted by atomic mass is 10.3. The summed E-state index contributed by atoms with van der Waals surface area (Å²) in [4.78, 5) is 16.0. The number of ether oxygens (including phenoxy) is 1. The fourth-order valence-corrected chi connectivity index (χ4v) is 2.91. The van der Waals surface area contributed by atoms with E-state index in [1.54, 1.807) is 11.4 Å². The van der Waals surface area contributed by atoms with Crippen molar-refractivity contribution in [1.82, 2.24) is 4.98 Å². The summed E-state index contributed by atoms with van der Waals surface area (Å²) in [5.74, 6) is -0.905. The van der Waals surface area contributed by atoms with Gasteiger partial charge >= 0.3 is 5.97 Å². The summed E-state index contributed by atoms with van der Waals surface area (Å²) in [6, 6.07) is 1.65. The topological polar surface area (TPSA) is 59.4 Å². The van der Waals surface area contributed by atoms with E-state index in [9.17, 15) is 4.79 Å². The van der Waals surface area contributed by atoms with Gasteiger partial charge in [0.25, 0.3) is 0 Å². The Morgan fingerprint density at radius 2 is 2.29 bits per heavy atom. The minimum atomic E-state index is -0.905. The smallest absolute Gasteiger partial charge is 0.336 e. The van der Waals surface area contributed by atoms with Crippen LogP contribution in [0.3, 0.4) is 0 Å². The van der Waals surface area contributed by atoms with E-state index in [0.717, 1.165) is 15.6 Å². The number of carboxylic acids is 1. The van der Waals surface area contributed by atoms with E-state index in [2.05, 4.69) is 4.98 Å². The lowest BCUT2D eigenvalue weighted by molar-refractivity contribution is 0.0697. The minimum absolute atomic E-state index is 0.310. The van der Waals surface area contributed by atoms with Crippen molar-refractivity contribution in [3.63, 3.8) is 0 Å². The van der Waals surface area contributed by atoms with Crippen molar-refractivity contribution >= 4 is 28.6 Å². The summed E-state index contributed by atoms with van der Waals surface area (Å²) in [6.45, 7) is 3.11. The Morgan fingerprint density at radius 1 is 1.47 bits per heavy atom. The van der Waals surface area contributed by atoms with Crippen molar-refractivity contribution in [3.8, 4) is 10.6 Å². The molecule has 0 fully saturated rings. The van der Waals surface area contributed by atoms with E-state index in [4.69, 9.17) is 9.84 Å². The van der Waals surface area contributed by atoms with Crippen LogP contribution < -0.4 is 0 Å². The first-order valence-electron chi connectivity index (χ1n) is 5.05. The molecule has 0 radical (unpaired) electrons. The molecule has 2 rings (SSSR count). The Balaban J connectivity index is 2.15. The largest absolute Gasteiger partial charge is 0.478 e. The van der Waals surface area contributed by atoms with Crippen molar-refractivity contribution in [2.24, 2.45) is 0 Å². The van der Waals surface area contributed by atoms with Crippen LogP contribution >= 0.6 is 22.7 Å². The van der Waals surface area contributed by atoms with Gasteiger partial charge in [-0.2, -0.15) is 0 Å². The summed E-state index contributed by atoms with van der Waals surface area (Å²) >= 11 is 2.92. The number of aromatic nitrogens is 1. The fourth-order valence-electron chi connectivity index (χ4n) is 1.26. The number of thiophene rings is 1. The molecular weight excluding hydrogens is 258 g/mol. The van der Waals surface area contributed by atoms with E-state index in [0.29, 0.717) is 18.8 Å². The molecule has 0 bridgehead atoms. The molecule has 6 heteroatoms. The van der Waals surface area contributed by atoms with E-state index in [1.807, 2.05) is 12.3 Å². The molecule has 2 aromatic rings. The van der Waals surface area contributed by atoms with Gasteiger partial charge in [-0.3, -0.25) is 0 Å². The highest BCUT2D eigenvalue weighted by atomic mass is 32.1. The second kappa shape index (κ2) is 5.39. The van der Waals surface area contributed by atoms with Gasteiger partial charge < -0.3 is 9.84 Å². The Morgan fingerprint density at radius 3 is 2.94 bits per heavy atom. The monoisotopic (exact) mass is 269 g/mol. The second-order valence-corrected chi connectivity index (χ2v) is 5.12. The molecule has 0 atom stereocenters. The van der Waals surface area contributed by atoms with Gasteiger partial charge in [0.1, 0.15) is 5.01 Å². The summed E-state index contributed by atoms with van der Waals surface area (Å²) in [5.41, 5.74) is 1.13. The molecule has 0 spiro atoms. The molecule has 0 saturated heterocycles. The van der Waals surface area contributed by atoms with Crippen LogP contribution in [0.4, 0.5) is 0 Å². The highest BCUT2D eigenvalue weighted by molar-refractivity contribution is 7.14. The molecule has 2 aromatic heterocycles. The lowest BCUT2D eigenvalue weighted by Crippen LogP contribution is -1.92. The molecular formula is C11H11NO3S2. The molecule has 0 amide bonds. The first-order chi connectivity index (χ1) is 8.20. The maximum Gasteiger partial charge on any atom is 0.336 e. The fraction of sp³-hybridized carbons (Fsp3) is 0.273. The molecule has 0 aliphatic carbocycles. The van der Waals surface area contributed by atoms with Crippen LogP contribution in [0.15, 0.2) is 16.8 Å². The van der Waals surface area contributed by atoms with Crippen LogP contribution in [0.1, 0.15) is 22.3 Å². The highest BCUT2D eigenvalue weighted by Gasteiger charge is 2.10. The van der Waals surface area contributed by atoms with Crippen molar-refractivity contribution in [2.45, 2.75) is 13.5 Å². The van der Waals surface area contributed by atoms with Crippen LogP contribution in [0.2, 0.25) is 0 Å². The predicted octanol–water partition coefficient (Wildman–Crippen LogP) is 3.11. The molecule has 90 valence electrons. The zero-order valence-electron chi connectivity index (χ0n) is 9.17. The third kappa shape index (κ3) is 2.91. The van der Waals surface area contributed by atoms with Crippen molar-refractivity contribution in [2.75, 3.05) is 6.61 Å². The molecule has 0 saturated carbocycles. The predicted molar refractivity (Wildman–Crippen MR) is 67.7 cm³/mol. The Kier molecular flexibility index (Phi) is 3.88. The van der Waals surface area contributed by atoms with Gasteiger partial charge in [-0.15, -0.1) is 22.7 Å². The first kappa shape index (κ1) is 12.2. The number of thiazole rings is 1. The van der Waals surface area contributed by atoms with Crippen molar-refractivity contribution < 1.29 is 14.6 Å². The Labute approximate surface area is 107 Å². The van der Waals surface area contributed by atoms with Gasteiger partial charge in [0.05, 0.1) is 22.7 Å². The normalized spacial score (nSPS) is 10.6. The Bertz CT molecular complexity index is 518. The third-order valence-corrected chi connectivity index (χ3v) is 3.86. The summed E-state index contributed by atoms with van der Waals surface area (Å²) in [6.07, 6.45) is 0. The number of rotatable bonds is 5. The summed E-state index contributed by atoms with van der Waals surface area (Å²) in [7, 11) is 0. The van der Waals surface area contributed by atoms with Gasteiger partial charge in [0.2, 0.25) is 0 Å². The summed E-state index contributed by atoms with van der Waals surface area (Å²) in [5, 5.41) is 13.3. The SMILES string of the molecule is CCOCc1nc(-c2cc(C(=O)O)cs2)cs1. The minimum Gasteiger partial charge on any atom is -0.478 e. The molecule has 0 unspecified atom stereocenters.